The van der Waals surface area contributed by atoms with Gasteiger partial charge in [0.1, 0.15) is 0 Å². The van der Waals surface area contributed by atoms with Gasteiger partial charge in [0.25, 0.3) is 0 Å². The minimum absolute atomic E-state index is 0.199. The van der Waals surface area contributed by atoms with Crippen LogP contribution in [0.4, 0.5) is 0 Å². The third-order valence-electron chi connectivity index (χ3n) is 2.81. The van der Waals surface area contributed by atoms with E-state index in [9.17, 15) is 0 Å². The summed E-state index contributed by atoms with van der Waals surface area (Å²) in [6.07, 6.45) is 1.62. The Bertz CT molecular complexity index is 296. The van der Waals surface area contributed by atoms with E-state index in [0.717, 1.165) is 12.8 Å². The van der Waals surface area contributed by atoms with Crippen LogP contribution < -0.4 is 5.73 Å². The third-order valence-corrected chi connectivity index (χ3v) is 2.81. The third kappa shape index (κ3) is 3.65. The van der Waals surface area contributed by atoms with Crippen LogP contribution >= 0.6 is 0 Å². The number of aliphatic hydroxyl groups is 1. The minimum Gasteiger partial charge on any atom is -0.396 e. The van der Waals surface area contributed by atoms with Crippen LogP contribution in [0.25, 0.3) is 0 Å². The molecule has 1 atom stereocenters. The van der Waals surface area contributed by atoms with Crippen LogP contribution in [-0.4, -0.2) is 17.8 Å². The Labute approximate surface area is 92.1 Å². The second-order valence-electron chi connectivity index (χ2n) is 4.35. The van der Waals surface area contributed by atoms with Crippen LogP contribution in [-0.2, 0) is 12.8 Å². The molecule has 0 bridgehead atoms. The zero-order chi connectivity index (χ0) is 11.3. The van der Waals surface area contributed by atoms with E-state index in [2.05, 4.69) is 26.0 Å². The van der Waals surface area contributed by atoms with Gasteiger partial charge in [-0.05, 0) is 29.9 Å². The maximum atomic E-state index is 8.96. The molecule has 15 heavy (non-hydrogen) atoms. The first-order valence-corrected chi connectivity index (χ1v) is 5.58. The summed E-state index contributed by atoms with van der Waals surface area (Å²) >= 11 is 0. The predicted molar refractivity (Wildman–Crippen MR) is 63.7 cm³/mol. The molecule has 0 saturated heterocycles. The van der Waals surface area contributed by atoms with Crippen molar-refractivity contribution >= 4 is 0 Å². The quantitative estimate of drug-likeness (QED) is 0.772. The average Bonchev–Trinajstić information content (AvgIpc) is 2.21. The van der Waals surface area contributed by atoms with E-state index in [-0.39, 0.29) is 12.6 Å². The van der Waals surface area contributed by atoms with E-state index in [0.29, 0.717) is 5.92 Å². The molecule has 0 fully saturated rings. The molecule has 0 amide bonds. The van der Waals surface area contributed by atoms with E-state index >= 15 is 0 Å². The highest BCUT2D eigenvalue weighted by atomic mass is 16.2. The van der Waals surface area contributed by atoms with Gasteiger partial charge >= 0.3 is 0 Å². The fraction of sp³-hybridized carbons (Fsp3) is 0.538. The molecule has 2 nitrogen and oxygen atoms in total. The zero-order valence-corrected chi connectivity index (χ0v) is 9.61. The highest BCUT2D eigenvalue weighted by Crippen LogP contribution is 2.14. The van der Waals surface area contributed by atoms with Crippen molar-refractivity contribution in [1.82, 2.24) is 0 Å². The number of hydrogen-bond donors (Lipinski definition) is 2. The predicted octanol–water partition coefficient (Wildman–Crippen LogP) is 1.75. The second kappa shape index (κ2) is 5.89. The summed E-state index contributed by atoms with van der Waals surface area (Å²) in [6, 6.07) is 8.41. The summed E-state index contributed by atoms with van der Waals surface area (Å²) in [7, 11) is 0. The summed E-state index contributed by atoms with van der Waals surface area (Å²) in [5, 5.41) is 8.96. The van der Waals surface area contributed by atoms with Gasteiger partial charge in [0.15, 0.2) is 0 Å². The minimum atomic E-state index is 0.199. The maximum absolute atomic E-state index is 8.96. The highest BCUT2D eigenvalue weighted by Gasteiger charge is 2.10. The normalized spacial score (nSPS) is 13.1. The molecule has 2 heteroatoms. The Morgan fingerprint density at radius 1 is 1.20 bits per heavy atom. The Balaban J connectivity index is 2.74. The van der Waals surface area contributed by atoms with Gasteiger partial charge in [-0.2, -0.15) is 0 Å². The summed E-state index contributed by atoms with van der Waals surface area (Å²) in [5.41, 5.74) is 8.54. The molecule has 0 aliphatic rings. The Morgan fingerprint density at radius 2 is 1.80 bits per heavy atom. The lowest BCUT2D eigenvalue weighted by Crippen LogP contribution is -2.29. The summed E-state index contributed by atoms with van der Waals surface area (Å²) in [6.45, 7) is 4.48. The SMILES string of the molecule is CC(C)[C@H](N)Cc1ccccc1CCO. The van der Waals surface area contributed by atoms with Gasteiger partial charge in [0.2, 0.25) is 0 Å². The topological polar surface area (TPSA) is 46.2 Å². The monoisotopic (exact) mass is 207 g/mol. The van der Waals surface area contributed by atoms with E-state index in [4.69, 9.17) is 10.8 Å². The van der Waals surface area contributed by atoms with Crippen molar-refractivity contribution in [2.75, 3.05) is 6.61 Å². The fourth-order valence-corrected chi connectivity index (χ4v) is 1.61. The molecule has 0 aliphatic carbocycles. The van der Waals surface area contributed by atoms with Crippen LogP contribution in [0, 0.1) is 5.92 Å². The smallest absolute Gasteiger partial charge is 0.0471 e. The van der Waals surface area contributed by atoms with Crippen molar-refractivity contribution in [2.24, 2.45) is 11.7 Å². The van der Waals surface area contributed by atoms with Crippen LogP contribution in [0.2, 0.25) is 0 Å². The van der Waals surface area contributed by atoms with Gasteiger partial charge in [-0.1, -0.05) is 38.1 Å². The van der Waals surface area contributed by atoms with Crippen molar-refractivity contribution in [2.45, 2.75) is 32.7 Å². The number of hydrogen-bond acceptors (Lipinski definition) is 2. The number of aliphatic hydroxyl groups excluding tert-OH is 1. The van der Waals surface area contributed by atoms with E-state index in [1.54, 1.807) is 0 Å². The molecule has 0 spiro atoms. The molecular formula is C13H21NO. The molecule has 84 valence electrons. The molecule has 0 radical (unpaired) electrons. The van der Waals surface area contributed by atoms with Gasteiger partial charge in [-0.15, -0.1) is 0 Å². The first-order chi connectivity index (χ1) is 7.15. The lowest BCUT2D eigenvalue weighted by molar-refractivity contribution is 0.299. The average molecular weight is 207 g/mol. The lowest BCUT2D eigenvalue weighted by Gasteiger charge is -2.17. The summed E-state index contributed by atoms with van der Waals surface area (Å²) in [5.74, 6) is 0.493. The van der Waals surface area contributed by atoms with Crippen molar-refractivity contribution in [3.63, 3.8) is 0 Å². The molecular weight excluding hydrogens is 186 g/mol. The number of rotatable bonds is 5. The summed E-state index contributed by atoms with van der Waals surface area (Å²) < 4.78 is 0. The Hall–Kier alpha value is -0.860. The summed E-state index contributed by atoms with van der Waals surface area (Å²) in [4.78, 5) is 0. The molecule has 0 aliphatic heterocycles. The van der Waals surface area contributed by atoms with Gasteiger partial charge in [-0.3, -0.25) is 0 Å². The van der Waals surface area contributed by atoms with Crippen LogP contribution in [0.3, 0.4) is 0 Å². The van der Waals surface area contributed by atoms with Crippen molar-refractivity contribution in [3.05, 3.63) is 35.4 Å². The number of benzene rings is 1. The fourth-order valence-electron chi connectivity index (χ4n) is 1.61. The first-order valence-electron chi connectivity index (χ1n) is 5.58. The van der Waals surface area contributed by atoms with Gasteiger partial charge < -0.3 is 10.8 Å². The van der Waals surface area contributed by atoms with E-state index in [1.165, 1.54) is 11.1 Å². The number of nitrogens with two attached hydrogens (primary N) is 1. The largest absolute Gasteiger partial charge is 0.396 e. The molecule has 3 N–H and O–H groups in total. The molecule has 0 heterocycles. The Morgan fingerprint density at radius 3 is 2.33 bits per heavy atom. The van der Waals surface area contributed by atoms with Crippen molar-refractivity contribution in [3.8, 4) is 0 Å². The van der Waals surface area contributed by atoms with E-state index < -0.39 is 0 Å². The van der Waals surface area contributed by atoms with Crippen LogP contribution in [0.15, 0.2) is 24.3 Å². The zero-order valence-electron chi connectivity index (χ0n) is 9.61. The van der Waals surface area contributed by atoms with Gasteiger partial charge in [0.05, 0.1) is 0 Å². The molecule has 1 aromatic rings. The maximum Gasteiger partial charge on any atom is 0.0471 e. The van der Waals surface area contributed by atoms with Crippen LogP contribution in [0.5, 0.6) is 0 Å². The van der Waals surface area contributed by atoms with Crippen molar-refractivity contribution in [1.29, 1.82) is 0 Å². The molecule has 0 unspecified atom stereocenters. The van der Waals surface area contributed by atoms with Crippen molar-refractivity contribution < 1.29 is 5.11 Å². The second-order valence-corrected chi connectivity index (χ2v) is 4.35. The standard InChI is InChI=1S/C13H21NO/c1-10(2)13(14)9-12-6-4-3-5-11(12)7-8-15/h3-6,10,13,15H,7-9,14H2,1-2H3/t13-/m1/s1. The molecule has 0 aromatic heterocycles. The van der Waals surface area contributed by atoms with Crippen LogP contribution in [0.1, 0.15) is 25.0 Å². The molecule has 1 aromatic carbocycles. The lowest BCUT2D eigenvalue weighted by atomic mass is 9.93. The first kappa shape index (κ1) is 12.2. The Kier molecular flexibility index (Phi) is 4.79. The van der Waals surface area contributed by atoms with Gasteiger partial charge in [-0.25, -0.2) is 0 Å². The highest BCUT2D eigenvalue weighted by molar-refractivity contribution is 5.28. The molecule has 0 saturated carbocycles. The van der Waals surface area contributed by atoms with E-state index in [1.807, 2.05) is 12.1 Å². The molecule has 1 rings (SSSR count). The van der Waals surface area contributed by atoms with Gasteiger partial charge in [0, 0.05) is 12.6 Å².